The van der Waals surface area contributed by atoms with Crippen LogP contribution >= 0.6 is 0 Å². The van der Waals surface area contributed by atoms with Crippen molar-refractivity contribution >= 4 is 24.0 Å². The number of alkyl halides is 3. The number of hydrogen-bond donors (Lipinski definition) is 0. The molecule has 1 aliphatic rings. The van der Waals surface area contributed by atoms with Gasteiger partial charge in [0, 0.05) is 27.8 Å². The van der Waals surface area contributed by atoms with E-state index in [1.54, 1.807) is 0 Å². The summed E-state index contributed by atoms with van der Waals surface area (Å²) in [7, 11) is -3.99. The van der Waals surface area contributed by atoms with Crippen molar-refractivity contribution in [2.24, 2.45) is 0 Å². The van der Waals surface area contributed by atoms with Crippen LogP contribution in [0.3, 0.4) is 0 Å². The molecule has 7 heteroatoms. The van der Waals surface area contributed by atoms with E-state index in [9.17, 15) is 13.2 Å². The molecule has 1 nitrogen and oxygen atoms in total. The summed E-state index contributed by atoms with van der Waals surface area (Å²) in [6, 6.07) is 1.08. The Bertz CT molecular complexity index is 268. The predicted molar refractivity (Wildman–Crippen MR) is 73.3 cm³/mol. The standard InChI is InChI=1S/C10H23F3OSi3/c1-10(2)7-16(3,4)15-17(5,14-10)6-8(11)9(12)13/h8-9H,6-7,15H2,1-5H3. The number of rotatable bonds is 3. The van der Waals surface area contributed by atoms with Gasteiger partial charge in [0.1, 0.15) is 0 Å². The smallest absolute Gasteiger partial charge is 0.269 e. The molecule has 1 heterocycles. The Morgan fingerprint density at radius 2 is 1.76 bits per heavy atom. The average molecular weight is 301 g/mol. The third kappa shape index (κ3) is 4.53. The van der Waals surface area contributed by atoms with Crippen LogP contribution in [0, 0.1) is 0 Å². The second kappa shape index (κ2) is 4.82. The van der Waals surface area contributed by atoms with Gasteiger partial charge in [-0.15, -0.1) is 0 Å². The first-order chi connectivity index (χ1) is 7.45. The quantitative estimate of drug-likeness (QED) is 0.728. The van der Waals surface area contributed by atoms with Gasteiger partial charge in [-0.2, -0.15) is 0 Å². The van der Waals surface area contributed by atoms with E-state index in [0.717, 1.165) is 6.04 Å². The molecule has 2 unspecified atom stereocenters. The van der Waals surface area contributed by atoms with Gasteiger partial charge in [-0.3, -0.25) is 0 Å². The molecule has 0 aromatic carbocycles. The molecule has 0 aliphatic carbocycles. The summed E-state index contributed by atoms with van der Waals surface area (Å²) in [5.74, 6) is 0. The molecular formula is C10H23F3OSi3. The molecular weight excluding hydrogens is 277 g/mol. The molecule has 17 heavy (non-hydrogen) atoms. The maximum absolute atomic E-state index is 13.3. The lowest BCUT2D eigenvalue weighted by molar-refractivity contribution is 0.0527. The minimum Gasteiger partial charge on any atom is -0.416 e. The highest BCUT2D eigenvalue weighted by Gasteiger charge is 2.50. The van der Waals surface area contributed by atoms with Crippen LogP contribution in [0.15, 0.2) is 0 Å². The van der Waals surface area contributed by atoms with E-state index in [2.05, 4.69) is 13.1 Å². The summed E-state index contributed by atoms with van der Waals surface area (Å²) >= 11 is 0. The maximum Gasteiger partial charge on any atom is 0.269 e. The van der Waals surface area contributed by atoms with Crippen LogP contribution in [0.5, 0.6) is 0 Å². The number of hydrogen-bond acceptors (Lipinski definition) is 1. The lowest BCUT2D eigenvalue weighted by Crippen LogP contribution is -2.65. The Balaban J connectivity index is 2.80. The van der Waals surface area contributed by atoms with Crippen LogP contribution in [0.25, 0.3) is 0 Å². The van der Waals surface area contributed by atoms with Gasteiger partial charge in [0.2, 0.25) is 0 Å². The van der Waals surface area contributed by atoms with E-state index in [0.29, 0.717) is 0 Å². The molecule has 0 bridgehead atoms. The van der Waals surface area contributed by atoms with E-state index < -0.39 is 36.6 Å². The molecule has 1 aliphatic heterocycles. The fraction of sp³-hybridized carbons (Fsp3) is 1.00. The van der Waals surface area contributed by atoms with E-state index in [-0.39, 0.29) is 11.6 Å². The lowest BCUT2D eigenvalue weighted by atomic mass is 10.2. The summed E-state index contributed by atoms with van der Waals surface area (Å²) < 4.78 is 44.1. The predicted octanol–water partition coefficient (Wildman–Crippen LogP) is 2.84. The van der Waals surface area contributed by atoms with Crippen molar-refractivity contribution in [1.82, 2.24) is 0 Å². The Kier molecular flexibility index (Phi) is 4.39. The molecule has 1 rings (SSSR count). The topological polar surface area (TPSA) is 9.23 Å². The third-order valence-corrected chi connectivity index (χ3v) is 31.5. The molecule has 0 aromatic heterocycles. The minimum absolute atomic E-state index is 0.00323. The third-order valence-electron chi connectivity index (χ3n) is 3.18. The van der Waals surface area contributed by atoms with Gasteiger partial charge >= 0.3 is 0 Å². The fourth-order valence-corrected chi connectivity index (χ4v) is 43.2. The normalized spacial score (nSPS) is 35.1. The summed E-state index contributed by atoms with van der Waals surface area (Å²) in [5, 5.41) is 0. The Labute approximate surface area is 106 Å². The molecule has 0 N–H and O–H groups in total. The van der Waals surface area contributed by atoms with Crippen LogP contribution < -0.4 is 0 Å². The van der Waals surface area contributed by atoms with Crippen LogP contribution in [0.2, 0.25) is 31.7 Å². The first-order valence-electron chi connectivity index (χ1n) is 6.07. The monoisotopic (exact) mass is 300 g/mol. The van der Waals surface area contributed by atoms with Crippen molar-refractivity contribution in [2.75, 3.05) is 0 Å². The molecule has 0 radical (unpaired) electrons. The highest BCUT2D eigenvalue weighted by molar-refractivity contribution is 7.51. The zero-order valence-electron chi connectivity index (χ0n) is 11.3. The van der Waals surface area contributed by atoms with E-state index in [4.69, 9.17) is 4.43 Å². The molecule has 102 valence electrons. The summed E-state index contributed by atoms with van der Waals surface area (Å²) in [6.45, 7) is 10.6. The lowest BCUT2D eigenvalue weighted by Gasteiger charge is -2.49. The van der Waals surface area contributed by atoms with Crippen LogP contribution in [0.1, 0.15) is 13.8 Å². The second-order valence-electron chi connectivity index (χ2n) is 6.88. The van der Waals surface area contributed by atoms with Crippen molar-refractivity contribution in [3.8, 4) is 0 Å². The van der Waals surface area contributed by atoms with E-state index in [1.165, 1.54) is 0 Å². The molecule has 1 saturated heterocycles. The highest BCUT2D eigenvalue weighted by Crippen LogP contribution is 2.36. The zero-order chi connectivity index (χ0) is 13.5. The molecule has 0 saturated carbocycles. The Morgan fingerprint density at radius 3 is 2.18 bits per heavy atom. The summed E-state index contributed by atoms with van der Waals surface area (Å²) in [6.07, 6.45) is -4.84. The van der Waals surface area contributed by atoms with Crippen molar-refractivity contribution in [3.63, 3.8) is 0 Å². The van der Waals surface area contributed by atoms with E-state index in [1.807, 2.05) is 20.4 Å². The van der Waals surface area contributed by atoms with Crippen molar-refractivity contribution in [3.05, 3.63) is 0 Å². The van der Waals surface area contributed by atoms with Crippen LogP contribution in [-0.2, 0) is 4.43 Å². The second-order valence-corrected chi connectivity index (χ2v) is 29.9. The van der Waals surface area contributed by atoms with Gasteiger partial charge in [0.05, 0.1) is 0 Å². The first-order valence-corrected chi connectivity index (χ1v) is 16.6. The highest BCUT2D eigenvalue weighted by atomic mass is 29.6. The first kappa shape index (κ1) is 15.5. The molecule has 0 spiro atoms. The van der Waals surface area contributed by atoms with Crippen LogP contribution in [-0.4, -0.2) is 42.2 Å². The summed E-state index contributed by atoms with van der Waals surface area (Å²) in [5.41, 5.74) is -0.232. The van der Waals surface area contributed by atoms with Crippen molar-refractivity contribution in [1.29, 1.82) is 0 Å². The van der Waals surface area contributed by atoms with Gasteiger partial charge in [-0.25, -0.2) is 13.2 Å². The molecule has 1 fully saturated rings. The van der Waals surface area contributed by atoms with Gasteiger partial charge < -0.3 is 4.43 Å². The van der Waals surface area contributed by atoms with Crippen LogP contribution in [0.4, 0.5) is 13.2 Å². The zero-order valence-corrected chi connectivity index (χ0v) is 14.7. The van der Waals surface area contributed by atoms with E-state index >= 15 is 0 Å². The molecule has 0 aromatic rings. The van der Waals surface area contributed by atoms with Crippen molar-refractivity contribution in [2.45, 2.75) is 63.8 Å². The van der Waals surface area contributed by atoms with Gasteiger partial charge in [0.15, 0.2) is 14.0 Å². The Morgan fingerprint density at radius 1 is 1.24 bits per heavy atom. The van der Waals surface area contributed by atoms with Crippen molar-refractivity contribution < 1.29 is 17.6 Å². The van der Waals surface area contributed by atoms with Gasteiger partial charge in [-0.1, -0.05) is 13.1 Å². The largest absolute Gasteiger partial charge is 0.416 e. The van der Waals surface area contributed by atoms with Gasteiger partial charge in [-0.05, 0) is 26.4 Å². The average Bonchev–Trinajstić information content (AvgIpc) is 1.94. The number of halogens is 3. The fourth-order valence-electron chi connectivity index (χ4n) is 3.58. The summed E-state index contributed by atoms with van der Waals surface area (Å²) in [4.78, 5) is 0. The molecule has 0 amide bonds. The Hall–Kier alpha value is 0.401. The molecule has 2 atom stereocenters. The maximum atomic E-state index is 13.3. The minimum atomic E-state index is -2.85. The SMILES string of the molecule is CC1(C)C[Si](C)(C)[SiH2][Si](C)(CC(F)C(F)F)O1. The van der Waals surface area contributed by atoms with Gasteiger partial charge in [0.25, 0.3) is 6.43 Å².